The standard InChI is InChI=1S/C22H24ClN3O4/c1-5-13(2)24-20(27)14(3)25-19-11-15(23)9-10-18(19)21(28)26(22(25)29)16-7-6-8-17(12-16)30-4/h6-14H,5H2,1-4H3,(H,24,27)/t13-,14+/m1/s1. The molecular weight excluding hydrogens is 406 g/mol. The minimum absolute atomic E-state index is 0.0465. The molecule has 1 amide bonds. The predicted molar refractivity (Wildman–Crippen MR) is 118 cm³/mol. The highest BCUT2D eigenvalue weighted by Gasteiger charge is 2.23. The van der Waals surface area contributed by atoms with E-state index in [1.54, 1.807) is 43.3 Å². The Hall–Kier alpha value is -3.06. The molecule has 1 aromatic heterocycles. The van der Waals surface area contributed by atoms with E-state index in [1.807, 2.05) is 13.8 Å². The molecule has 158 valence electrons. The van der Waals surface area contributed by atoms with Gasteiger partial charge in [-0.2, -0.15) is 0 Å². The Labute approximate surface area is 178 Å². The maximum absolute atomic E-state index is 13.5. The van der Waals surface area contributed by atoms with Crippen LogP contribution in [0.5, 0.6) is 5.75 Å². The van der Waals surface area contributed by atoms with E-state index < -0.39 is 17.3 Å². The fourth-order valence-corrected chi connectivity index (χ4v) is 3.40. The number of carbonyl (C=O) groups is 1. The Bertz CT molecular complexity index is 1220. The van der Waals surface area contributed by atoms with Gasteiger partial charge < -0.3 is 10.1 Å². The first-order valence-electron chi connectivity index (χ1n) is 9.70. The summed E-state index contributed by atoms with van der Waals surface area (Å²) in [6.07, 6.45) is 0.753. The molecule has 0 aliphatic carbocycles. The number of nitrogens with zero attached hydrogens (tertiary/aromatic N) is 2. The monoisotopic (exact) mass is 429 g/mol. The number of benzene rings is 2. The smallest absolute Gasteiger partial charge is 0.336 e. The van der Waals surface area contributed by atoms with E-state index in [-0.39, 0.29) is 17.3 Å². The Kier molecular flexibility index (Phi) is 6.31. The molecule has 8 heteroatoms. The number of rotatable bonds is 6. The van der Waals surface area contributed by atoms with Gasteiger partial charge in [0.1, 0.15) is 11.8 Å². The normalized spacial score (nSPS) is 13.1. The van der Waals surface area contributed by atoms with Crippen molar-refractivity contribution in [1.29, 1.82) is 0 Å². The van der Waals surface area contributed by atoms with Crippen molar-refractivity contribution < 1.29 is 9.53 Å². The molecule has 0 saturated heterocycles. The molecule has 30 heavy (non-hydrogen) atoms. The molecule has 0 radical (unpaired) electrons. The quantitative estimate of drug-likeness (QED) is 0.651. The second-order valence-corrected chi connectivity index (χ2v) is 7.59. The average molecular weight is 430 g/mol. The third-order valence-corrected chi connectivity index (χ3v) is 5.36. The fraction of sp³-hybridized carbons (Fsp3) is 0.318. The van der Waals surface area contributed by atoms with Gasteiger partial charge in [-0.3, -0.25) is 14.2 Å². The summed E-state index contributed by atoms with van der Waals surface area (Å²) in [5, 5.41) is 3.53. The topological polar surface area (TPSA) is 82.3 Å². The van der Waals surface area contributed by atoms with Crippen molar-refractivity contribution in [3.63, 3.8) is 0 Å². The lowest BCUT2D eigenvalue weighted by Crippen LogP contribution is -2.45. The minimum Gasteiger partial charge on any atom is -0.497 e. The van der Waals surface area contributed by atoms with Crippen molar-refractivity contribution >= 4 is 28.4 Å². The zero-order chi connectivity index (χ0) is 22.0. The van der Waals surface area contributed by atoms with Gasteiger partial charge in [0.25, 0.3) is 5.56 Å². The third-order valence-electron chi connectivity index (χ3n) is 5.13. The van der Waals surface area contributed by atoms with Gasteiger partial charge in [-0.05, 0) is 50.6 Å². The molecule has 2 atom stereocenters. The number of fused-ring (bicyclic) bond motifs is 1. The van der Waals surface area contributed by atoms with Crippen LogP contribution in [0.3, 0.4) is 0 Å². The van der Waals surface area contributed by atoms with Crippen molar-refractivity contribution in [3.8, 4) is 11.4 Å². The number of carbonyl (C=O) groups excluding carboxylic acids is 1. The van der Waals surface area contributed by atoms with Crippen LogP contribution in [-0.2, 0) is 4.79 Å². The van der Waals surface area contributed by atoms with Gasteiger partial charge in [0.2, 0.25) is 5.91 Å². The van der Waals surface area contributed by atoms with Crippen LogP contribution in [0.4, 0.5) is 0 Å². The molecule has 0 saturated carbocycles. The van der Waals surface area contributed by atoms with Crippen LogP contribution >= 0.6 is 11.6 Å². The molecule has 0 bridgehead atoms. The summed E-state index contributed by atoms with van der Waals surface area (Å²) in [6.45, 7) is 5.47. The summed E-state index contributed by atoms with van der Waals surface area (Å²) in [7, 11) is 1.50. The van der Waals surface area contributed by atoms with E-state index in [0.717, 1.165) is 11.0 Å². The van der Waals surface area contributed by atoms with Crippen LogP contribution in [-0.4, -0.2) is 28.2 Å². The first-order chi connectivity index (χ1) is 14.3. The van der Waals surface area contributed by atoms with Crippen LogP contribution in [0.25, 0.3) is 16.6 Å². The molecule has 0 spiro atoms. The molecule has 3 rings (SSSR count). The number of hydrogen-bond donors (Lipinski definition) is 1. The number of aromatic nitrogens is 2. The molecular formula is C22H24ClN3O4. The maximum Gasteiger partial charge on any atom is 0.336 e. The lowest BCUT2D eigenvalue weighted by atomic mass is 10.2. The van der Waals surface area contributed by atoms with Gasteiger partial charge in [0.05, 0.1) is 23.7 Å². The molecule has 1 heterocycles. The molecule has 0 fully saturated rings. The number of methoxy groups -OCH3 is 1. The van der Waals surface area contributed by atoms with E-state index in [0.29, 0.717) is 22.0 Å². The van der Waals surface area contributed by atoms with Crippen LogP contribution in [0, 0.1) is 0 Å². The molecule has 0 unspecified atom stereocenters. The SMILES string of the molecule is CC[C@@H](C)NC(=O)[C@H](C)n1c(=O)n(-c2cccc(OC)c2)c(=O)c2ccc(Cl)cc21. The summed E-state index contributed by atoms with van der Waals surface area (Å²) in [5.74, 6) is 0.188. The van der Waals surface area contributed by atoms with Crippen molar-refractivity contribution in [1.82, 2.24) is 14.5 Å². The summed E-state index contributed by atoms with van der Waals surface area (Å²) in [4.78, 5) is 39.5. The van der Waals surface area contributed by atoms with Gasteiger partial charge >= 0.3 is 5.69 Å². The van der Waals surface area contributed by atoms with E-state index in [9.17, 15) is 14.4 Å². The summed E-state index contributed by atoms with van der Waals surface area (Å²) in [5.41, 5.74) is -0.464. The van der Waals surface area contributed by atoms with Crippen LogP contribution in [0.1, 0.15) is 33.2 Å². The number of ether oxygens (including phenoxy) is 1. The van der Waals surface area contributed by atoms with E-state index in [2.05, 4.69) is 5.32 Å². The zero-order valence-electron chi connectivity index (χ0n) is 17.3. The Balaban J connectivity index is 2.32. The highest BCUT2D eigenvalue weighted by atomic mass is 35.5. The lowest BCUT2D eigenvalue weighted by molar-refractivity contribution is -0.124. The Morgan fingerprint density at radius 3 is 2.57 bits per heavy atom. The van der Waals surface area contributed by atoms with Gasteiger partial charge in [0, 0.05) is 17.1 Å². The number of nitrogens with one attached hydrogen (secondary N) is 1. The number of halogens is 1. The lowest BCUT2D eigenvalue weighted by Gasteiger charge is -2.21. The van der Waals surface area contributed by atoms with Gasteiger partial charge in [-0.1, -0.05) is 24.6 Å². The number of hydrogen-bond acceptors (Lipinski definition) is 4. The molecule has 0 aliphatic rings. The van der Waals surface area contributed by atoms with Crippen LogP contribution < -0.4 is 21.3 Å². The second kappa shape index (κ2) is 8.75. The average Bonchev–Trinajstić information content (AvgIpc) is 2.73. The van der Waals surface area contributed by atoms with E-state index in [4.69, 9.17) is 16.3 Å². The number of amides is 1. The van der Waals surface area contributed by atoms with E-state index >= 15 is 0 Å². The Morgan fingerprint density at radius 2 is 1.90 bits per heavy atom. The highest BCUT2D eigenvalue weighted by molar-refractivity contribution is 6.31. The van der Waals surface area contributed by atoms with Gasteiger partial charge in [-0.15, -0.1) is 0 Å². The van der Waals surface area contributed by atoms with Crippen molar-refractivity contribution in [3.05, 3.63) is 68.3 Å². The molecule has 2 aromatic carbocycles. The first kappa shape index (κ1) is 21.6. The van der Waals surface area contributed by atoms with Crippen molar-refractivity contribution in [2.75, 3.05) is 7.11 Å². The predicted octanol–water partition coefficient (Wildman–Crippen LogP) is 3.29. The highest BCUT2D eigenvalue weighted by Crippen LogP contribution is 2.20. The summed E-state index contributed by atoms with van der Waals surface area (Å²) >= 11 is 6.14. The molecule has 0 aliphatic heterocycles. The van der Waals surface area contributed by atoms with Gasteiger partial charge in [0.15, 0.2) is 0 Å². The zero-order valence-corrected chi connectivity index (χ0v) is 18.1. The van der Waals surface area contributed by atoms with Crippen LogP contribution in [0.15, 0.2) is 52.1 Å². The Morgan fingerprint density at radius 1 is 1.17 bits per heavy atom. The maximum atomic E-state index is 13.5. The first-order valence-corrected chi connectivity index (χ1v) is 10.1. The van der Waals surface area contributed by atoms with E-state index in [1.165, 1.54) is 17.7 Å². The van der Waals surface area contributed by atoms with Crippen LogP contribution in [0.2, 0.25) is 5.02 Å². The minimum atomic E-state index is -0.857. The van der Waals surface area contributed by atoms with Crippen molar-refractivity contribution in [2.24, 2.45) is 0 Å². The third kappa shape index (κ3) is 3.98. The van der Waals surface area contributed by atoms with Gasteiger partial charge in [-0.25, -0.2) is 9.36 Å². The molecule has 1 N–H and O–H groups in total. The second-order valence-electron chi connectivity index (χ2n) is 7.15. The largest absolute Gasteiger partial charge is 0.497 e. The summed E-state index contributed by atoms with van der Waals surface area (Å²) in [6, 6.07) is 10.4. The van der Waals surface area contributed by atoms with Crippen molar-refractivity contribution in [2.45, 2.75) is 39.3 Å². The molecule has 7 nitrogen and oxygen atoms in total. The fourth-order valence-electron chi connectivity index (χ4n) is 3.24. The molecule has 3 aromatic rings. The summed E-state index contributed by atoms with van der Waals surface area (Å²) < 4.78 is 7.58.